The Morgan fingerprint density at radius 1 is 1.29 bits per heavy atom. The first-order valence-corrected chi connectivity index (χ1v) is 9.63. The van der Waals surface area contributed by atoms with Crippen LogP contribution in [0.5, 0.6) is 0 Å². The molecule has 0 radical (unpaired) electrons. The third-order valence-corrected chi connectivity index (χ3v) is 5.60. The summed E-state index contributed by atoms with van der Waals surface area (Å²) < 4.78 is 1.06. The van der Waals surface area contributed by atoms with Crippen molar-refractivity contribution in [1.82, 2.24) is 20.4 Å². The Labute approximate surface area is 152 Å². The van der Waals surface area contributed by atoms with Crippen LogP contribution in [0, 0.1) is 0 Å². The van der Waals surface area contributed by atoms with Gasteiger partial charge in [0.2, 0.25) is 5.91 Å². The quantitative estimate of drug-likeness (QED) is 0.796. The number of amides is 1. The molecule has 3 rings (SSSR count). The van der Waals surface area contributed by atoms with Crippen molar-refractivity contribution in [3.8, 4) is 0 Å². The lowest BCUT2D eigenvalue weighted by atomic mass is 10.1. The molecule has 1 aromatic carbocycles. The van der Waals surface area contributed by atoms with E-state index in [9.17, 15) is 4.79 Å². The minimum Gasteiger partial charge on any atom is -0.348 e. The Bertz CT molecular complexity index is 536. The summed E-state index contributed by atoms with van der Waals surface area (Å²) >= 11 is 3.44. The first kappa shape index (κ1) is 17.9. The molecule has 1 amide bonds. The van der Waals surface area contributed by atoms with E-state index in [1.165, 1.54) is 6.42 Å². The van der Waals surface area contributed by atoms with Crippen LogP contribution in [0.1, 0.15) is 24.9 Å². The van der Waals surface area contributed by atoms with Crippen molar-refractivity contribution in [2.45, 2.75) is 25.4 Å². The van der Waals surface area contributed by atoms with E-state index in [-0.39, 0.29) is 11.9 Å². The first-order valence-electron chi connectivity index (χ1n) is 8.84. The molecule has 2 saturated heterocycles. The van der Waals surface area contributed by atoms with Crippen LogP contribution in [-0.2, 0) is 4.79 Å². The molecular weight excluding hydrogens is 368 g/mol. The molecule has 2 heterocycles. The smallest absolute Gasteiger partial charge is 0.234 e. The third kappa shape index (κ3) is 4.79. The second kappa shape index (κ2) is 8.43. The average molecular weight is 395 g/mol. The summed E-state index contributed by atoms with van der Waals surface area (Å²) in [5.41, 5.74) is 1.13. The molecule has 6 heteroatoms. The predicted molar refractivity (Wildman–Crippen MR) is 100.0 cm³/mol. The van der Waals surface area contributed by atoms with E-state index in [0.29, 0.717) is 12.6 Å². The number of nitrogens with one attached hydrogen (secondary N) is 2. The van der Waals surface area contributed by atoms with Gasteiger partial charge in [-0.2, -0.15) is 0 Å². The van der Waals surface area contributed by atoms with Gasteiger partial charge in [-0.05, 0) is 37.6 Å². The van der Waals surface area contributed by atoms with Crippen LogP contribution in [-0.4, -0.2) is 67.6 Å². The second-order valence-electron chi connectivity index (χ2n) is 6.80. The van der Waals surface area contributed by atoms with Crippen molar-refractivity contribution < 1.29 is 4.79 Å². The largest absolute Gasteiger partial charge is 0.348 e. The molecular formula is C18H27BrN4O. The highest BCUT2D eigenvalue weighted by Gasteiger charge is 2.26. The predicted octanol–water partition coefficient (Wildman–Crippen LogP) is 1.61. The lowest BCUT2D eigenvalue weighted by molar-refractivity contribution is -0.123. The van der Waals surface area contributed by atoms with Crippen molar-refractivity contribution in [2.24, 2.45) is 0 Å². The van der Waals surface area contributed by atoms with Gasteiger partial charge in [0.05, 0.1) is 12.6 Å². The summed E-state index contributed by atoms with van der Waals surface area (Å²) in [6, 6.07) is 8.84. The topological polar surface area (TPSA) is 47.6 Å². The van der Waals surface area contributed by atoms with Crippen LogP contribution in [0.25, 0.3) is 0 Å². The molecule has 0 aliphatic carbocycles. The van der Waals surface area contributed by atoms with E-state index in [4.69, 9.17) is 0 Å². The van der Waals surface area contributed by atoms with Crippen LogP contribution in [0.2, 0.25) is 0 Å². The number of carbonyl (C=O) groups is 1. The van der Waals surface area contributed by atoms with Gasteiger partial charge < -0.3 is 10.6 Å². The van der Waals surface area contributed by atoms with Crippen LogP contribution < -0.4 is 10.6 Å². The van der Waals surface area contributed by atoms with Crippen LogP contribution in [0.15, 0.2) is 28.7 Å². The number of nitrogens with zero attached hydrogens (tertiary/aromatic N) is 2. The first-order chi connectivity index (χ1) is 11.6. The zero-order valence-corrected chi connectivity index (χ0v) is 15.9. The van der Waals surface area contributed by atoms with Gasteiger partial charge in [-0.25, -0.2) is 0 Å². The fourth-order valence-corrected chi connectivity index (χ4v) is 3.83. The Morgan fingerprint density at radius 3 is 2.62 bits per heavy atom. The Morgan fingerprint density at radius 2 is 2.00 bits per heavy atom. The highest BCUT2D eigenvalue weighted by Crippen LogP contribution is 2.16. The van der Waals surface area contributed by atoms with E-state index in [1.54, 1.807) is 0 Å². The minimum absolute atomic E-state index is 0.0384. The van der Waals surface area contributed by atoms with Crippen molar-refractivity contribution in [2.75, 3.05) is 45.8 Å². The normalized spacial score (nSPS) is 24.0. The second-order valence-corrected chi connectivity index (χ2v) is 7.72. The maximum atomic E-state index is 12.3. The summed E-state index contributed by atoms with van der Waals surface area (Å²) in [4.78, 5) is 17.1. The van der Waals surface area contributed by atoms with Gasteiger partial charge in [-0.1, -0.05) is 28.1 Å². The van der Waals surface area contributed by atoms with Crippen molar-refractivity contribution in [3.63, 3.8) is 0 Å². The molecule has 2 aliphatic rings. The summed E-state index contributed by atoms with van der Waals surface area (Å²) in [5.74, 6) is 0.112. The molecule has 1 aromatic rings. The van der Waals surface area contributed by atoms with E-state index < -0.39 is 0 Å². The van der Waals surface area contributed by atoms with E-state index in [0.717, 1.165) is 49.3 Å². The maximum Gasteiger partial charge on any atom is 0.234 e. The molecule has 0 aromatic heterocycles. The van der Waals surface area contributed by atoms with Gasteiger partial charge >= 0.3 is 0 Å². The van der Waals surface area contributed by atoms with Gasteiger partial charge in [-0.15, -0.1) is 0 Å². The maximum absolute atomic E-state index is 12.3. The van der Waals surface area contributed by atoms with Crippen LogP contribution in [0.3, 0.4) is 0 Å². The number of halogens is 1. The van der Waals surface area contributed by atoms with Crippen LogP contribution in [0.4, 0.5) is 0 Å². The van der Waals surface area contributed by atoms with Gasteiger partial charge in [0.15, 0.2) is 0 Å². The monoisotopic (exact) mass is 394 g/mol. The molecule has 24 heavy (non-hydrogen) atoms. The third-order valence-electron chi connectivity index (χ3n) is 5.07. The average Bonchev–Trinajstić information content (AvgIpc) is 3.10. The highest BCUT2D eigenvalue weighted by atomic mass is 79.9. The minimum atomic E-state index is 0.0384. The summed E-state index contributed by atoms with van der Waals surface area (Å²) in [7, 11) is 0. The molecule has 2 fully saturated rings. The summed E-state index contributed by atoms with van der Waals surface area (Å²) in [6.07, 6.45) is 1.26. The van der Waals surface area contributed by atoms with Crippen molar-refractivity contribution in [1.29, 1.82) is 0 Å². The Balaban J connectivity index is 1.41. The molecule has 0 bridgehead atoms. The van der Waals surface area contributed by atoms with E-state index in [2.05, 4.69) is 36.4 Å². The van der Waals surface area contributed by atoms with Crippen molar-refractivity contribution >= 4 is 21.8 Å². The zero-order valence-electron chi connectivity index (χ0n) is 14.3. The summed E-state index contributed by atoms with van der Waals surface area (Å²) in [5, 5.41) is 6.54. The summed E-state index contributed by atoms with van der Waals surface area (Å²) in [6.45, 7) is 8.90. The Hall–Kier alpha value is -0.950. The number of hydrogen-bond acceptors (Lipinski definition) is 4. The van der Waals surface area contributed by atoms with Gasteiger partial charge in [0.1, 0.15) is 0 Å². The molecule has 2 atom stereocenters. The molecule has 5 nitrogen and oxygen atoms in total. The molecule has 2 unspecified atom stereocenters. The molecule has 0 saturated carbocycles. The SMILES string of the molecule is CC(NC(=O)CN1CCN(C2CCNC2)CC1)c1ccc(Br)cc1. The van der Waals surface area contributed by atoms with E-state index >= 15 is 0 Å². The van der Waals surface area contributed by atoms with Crippen molar-refractivity contribution in [3.05, 3.63) is 34.3 Å². The molecule has 2 N–H and O–H groups in total. The van der Waals surface area contributed by atoms with Crippen LogP contribution >= 0.6 is 15.9 Å². The molecule has 132 valence electrons. The zero-order chi connectivity index (χ0) is 16.9. The van der Waals surface area contributed by atoms with Gasteiger partial charge in [0.25, 0.3) is 0 Å². The lowest BCUT2D eigenvalue weighted by Gasteiger charge is -2.37. The molecule has 0 spiro atoms. The fourth-order valence-electron chi connectivity index (χ4n) is 3.56. The number of benzene rings is 1. The Kier molecular flexibility index (Phi) is 6.27. The molecule has 2 aliphatic heterocycles. The van der Waals surface area contributed by atoms with Gasteiger partial charge in [0, 0.05) is 43.2 Å². The lowest BCUT2D eigenvalue weighted by Crippen LogP contribution is -2.52. The number of piperazine rings is 1. The fraction of sp³-hybridized carbons (Fsp3) is 0.611. The van der Waals surface area contributed by atoms with E-state index in [1.807, 2.05) is 31.2 Å². The number of hydrogen-bond donors (Lipinski definition) is 2. The number of carbonyl (C=O) groups excluding carboxylic acids is 1. The van der Waals surface area contributed by atoms with Gasteiger partial charge in [-0.3, -0.25) is 14.6 Å². The number of rotatable bonds is 5. The standard InChI is InChI=1S/C18H27BrN4O/c1-14(15-2-4-16(19)5-3-15)21-18(24)13-22-8-10-23(11-9-22)17-6-7-20-12-17/h2-5,14,17,20H,6-13H2,1H3,(H,21,24). The highest BCUT2D eigenvalue weighted by molar-refractivity contribution is 9.10.